The first kappa shape index (κ1) is 28.8. The van der Waals surface area contributed by atoms with Crippen molar-refractivity contribution >= 4 is 35.1 Å². The summed E-state index contributed by atoms with van der Waals surface area (Å²) in [6, 6.07) is 8.49. The molecule has 224 valence electrons. The van der Waals surface area contributed by atoms with Crippen molar-refractivity contribution in [1.29, 1.82) is 0 Å². The molecule has 3 aromatic rings. The molecule has 3 aliphatic rings. The lowest BCUT2D eigenvalue weighted by atomic mass is 10.0. The number of aromatic amines is 1. The van der Waals surface area contributed by atoms with Gasteiger partial charge in [0.2, 0.25) is 0 Å². The molecule has 2 saturated heterocycles. The molecule has 1 aromatic heterocycles. The number of aryl methyl sites for hydroxylation is 1. The Hall–Kier alpha value is -4.31. The van der Waals surface area contributed by atoms with E-state index in [4.69, 9.17) is 0 Å². The van der Waals surface area contributed by atoms with Gasteiger partial charge >= 0.3 is 0 Å². The molecule has 6 rings (SSSR count). The van der Waals surface area contributed by atoms with E-state index < -0.39 is 17.5 Å². The van der Waals surface area contributed by atoms with Gasteiger partial charge in [-0.15, -0.1) is 0 Å². The average Bonchev–Trinajstić information content (AvgIpc) is 3.77. The highest BCUT2D eigenvalue weighted by atomic mass is 19.1. The number of carbonyl (C=O) groups excluding carboxylic acids is 3. The summed E-state index contributed by atoms with van der Waals surface area (Å²) in [5.41, 5.74) is 4.23. The lowest BCUT2D eigenvalue weighted by Crippen LogP contribution is -2.42. The van der Waals surface area contributed by atoms with Crippen molar-refractivity contribution in [3.05, 3.63) is 87.2 Å². The van der Waals surface area contributed by atoms with Crippen molar-refractivity contribution in [1.82, 2.24) is 20.1 Å². The van der Waals surface area contributed by atoms with E-state index in [2.05, 4.69) is 20.5 Å². The van der Waals surface area contributed by atoms with Gasteiger partial charge in [-0.05, 0) is 94.6 Å². The van der Waals surface area contributed by atoms with Crippen molar-refractivity contribution in [2.45, 2.75) is 52.1 Å². The van der Waals surface area contributed by atoms with E-state index in [0.717, 1.165) is 62.4 Å². The van der Waals surface area contributed by atoms with E-state index >= 15 is 0 Å². The van der Waals surface area contributed by atoms with Gasteiger partial charge in [-0.3, -0.25) is 14.4 Å². The van der Waals surface area contributed by atoms with Crippen LogP contribution in [-0.4, -0.2) is 64.7 Å². The number of hydrogen-bond donors (Lipinski definition) is 3. The molecule has 3 amide bonds. The first-order valence-corrected chi connectivity index (χ1v) is 14.8. The monoisotopic (exact) mass is 587 g/mol. The smallest absolute Gasteiger partial charge is 0.256 e. The fraction of sp³-hybridized carbons (Fsp3) is 0.364. The number of carbonyl (C=O) groups is 3. The van der Waals surface area contributed by atoms with Crippen LogP contribution in [0.4, 0.5) is 14.5 Å². The van der Waals surface area contributed by atoms with Crippen LogP contribution in [-0.2, 0) is 11.3 Å². The van der Waals surface area contributed by atoms with Gasteiger partial charge in [-0.1, -0.05) is 6.07 Å². The summed E-state index contributed by atoms with van der Waals surface area (Å²) in [5, 5.41) is 5.38. The molecule has 43 heavy (non-hydrogen) atoms. The predicted octanol–water partition coefficient (Wildman–Crippen LogP) is 5.03. The molecule has 2 fully saturated rings. The first-order valence-electron chi connectivity index (χ1n) is 14.8. The number of nitrogens with zero attached hydrogens (tertiary/aromatic N) is 2. The van der Waals surface area contributed by atoms with Crippen LogP contribution >= 0.6 is 0 Å². The van der Waals surface area contributed by atoms with Crippen molar-refractivity contribution in [3.63, 3.8) is 0 Å². The van der Waals surface area contributed by atoms with Gasteiger partial charge < -0.3 is 25.4 Å². The minimum absolute atomic E-state index is 0.0131. The van der Waals surface area contributed by atoms with Gasteiger partial charge in [0, 0.05) is 59.4 Å². The molecule has 2 aromatic carbocycles. The Kier molecular flexibility index (Phi) is 7.87. The lowest BCUT2D eigenvalue weighted by Gasteiger charge is -2.28. The molecule has 0 radical (unpaired) electrons. The van der Waals surface area contributed by atoms with Crippen molar-refractivity contribution < 1.29 is 23.2 Å². The molecule has 3 aliphatic heterocycles. The van der Waals surface area contributed by atoms with E-state index in [9.17, 15) is 23.2 Å². The summed E-state index contributed by atoms with van der Waals surface area (Å²) in [5.74, 6) is -2.32. The number of nitrogens with one attached hydrogen (secondary N) is 3. The summed E-state index contributed by atoms with van der Waals surface area (Å²) in [7, 11) is 0. The molecule has 0 bridgehead atoms. The Bertz CT molecular complexity index is 1620. The second-order valence-corrected chi connectivity index (χ2v) is 11.6. The molecular weight excluding hydrogens is 552 g/mol. The third-order valence-electron chi connectivity index (χ3n) is 8.84. The Morgan fingerprint density at radius 2 is 1.79 bits per heavy atom. The number of benzene rings is 2. The van der Waals surface area contributed by atoms with E-state index in [1.54, 1.807) is 24.3 Å². The maximum Gasteiger partial charge on any atom is 0.256 e. The van der Waals surface area contributed by atoms with Crippen molar-refractivity contribution in [2.24, 2.45) is 0 Å². The third-order valence-corrected chi connectivity index (χ3v) is 8.84. The number of hydrogen-bond acceptors (Lipinski definition) is 4. The highest BCUT2D eigenvalue weighted by Crippen LogP contribution is 2.35. The quantitative estimate of drug-likeness (QED) is 0.338. The highest BCUT2D eigenvalue weighted by molar-refractivity contribution is 6.35. The number of H-pyrrole nitrogens is 1. The number of aromatic nitrogens is 1. The van der Waals surface area contributed by atoms with Gasteiger partial charge in [0.15, 0.2) is 0 Å². The van der Waals surface area contributed by atoms with Gasteiger partial charge in [-0.25, -0.2) is 8.78 Å². The zero-order valence-corrected chi connectivity index (χ0v) is 24.4. The summed E-state index contributed by atoms with van der Waals surface area (Å²) in [6.45, 7) is 7.27. The molecule has 3 N–H and O–H groups in total. The SMILES string of the molecule is Cc1[nH]c(C=C2C(=O)Nc3ccc(C(=O)NCc4c(F)cccc4F)cc32)c(C)c1C(=O)N1CCC[C@H]1CN1CCCC1. The maximum atomic E-state index is 14.0. The fourth-order valence-electron chi connectivity index (χ4n) is 6.53. The number of anilines is 1. The lowest BCUT2D eigenvalue weighted by molar-refractivity contribution is -0.110. The topological polar surface area (TPSA) is 97.5 Å². The van der Waals surface area contributed by atoms with Crippen molar-refractivity contribution in [3.8, 4) is 0 Å². The van der Waals surface area contributed by atoms with Gasteiger partial charge in [0.25, 0.3) is 17.7 Å². The number of halogens is 2. The Balaban J connectivity index is 1.23. The average molecular weight is 588 g/mol. The van der Waals surface area contributed by atoms with Crippen LogP contribution in [0.15, 0.2) is 36.4 Å². The zero-order chi connectivity index (χ0) is 30.2. The van der Waals surface area contributed by atoms with Gasteiger partial charge in [0.05, 0.1) is 11.1 Å². The Labute approximate surface area is 249 Å². The van der Waals surface area contributed by atoms with Gasteiger partial charge in [-0.2, -0.15) is 0 Å². The minimum atomic E-state index is -0.740. The molecule has 0 unspecified atom stereocenters. The Morgan fingerprint density at radius 1 is 1.05 bits per heavy atom. The molecule has 0 spiro atoms. The highest BCUT2D eigenvalue weighted by Gasteiger charge is 2.34. The zero-order valence-electron chi connectivity index (χ0n) is 24.4. The summed E-state index contributed by atoms with van der Waals surface area (Å²) >= 11 is 0. The van der Waals surface area contributed by atoms with Crippen LogP contribution in [0.25, 0.3) is 11.6 Å². The molecule has 8 nitrogen and oxygen atoms in total. The molecule has 0 saturated carbocycles. The third kappa shape index (κ3) is 5.59. The summed E-state index contributed by atoms with van der Waals surface area (Å²) in [6.07, 6.45) is 6.13. The molecular formula is C33H35F2N5O3. The van der Waals surface area contributed by atoms with E-state index in [1.165, 1.54) is 18.9 Å². The second kappa shape index (κ2) is 11.8. The number of rotatable bonds is 7. The molecule has 4 heterocycles. The van der Waals surface area contributed by atoms with E-state index in [-0.39, 0.29) is 35.5 Å². The fourth-order valence-corrected chi connectivity index (χ4v) is 6.53. The second-order valence-electron chi connectivity index (χ2n) is 11.6. The van der Waals surface area contributed by atoms with Crippen LogP contribution in [0.1, 0.15) is 74.5 Å². The molecule has 1 atom stereocenters. The number of fused-ring (bicyclic) bond motifs is 1. The summed E-state index contributed by atoms with van der Waals surface area (Å²) < 4.78 is 28.0. The molecule has 10 heteroatoms. The standard InChI is InChI=1S/C33H35F2N5O3/c1-19-29(37-20(2)30(19)33(43)40-14-6-7-22(40)18-39-12-3-4-13-39)16-24-23-15-21(10-11-28(23)38-32(24)42)31(41)36-17-25-26(34)8-5-9-27(25)35/h5,8-11,15-16,22,37H,3-4,6-7,12-14,17-18H2,1-2H3,(H,36,41)(H,38,42)/t22-/m0/s1. The van der Waals surface area contributed by atoms with Gasteiger partial charge in [0.1, 0.15) is 11.6 Å². The first-order chi connectivity index (χ1) is 20.7. The van der Waals surface area contributed by atoms with E-state index in [0.29, 0.717) is 28.1 Å². The summed E-state index contributed by atoms with van der Waals surface area (Å²) in [4.78, 5) is 47.5. The van der Waals surface area contributed by atoms with Crippen LogP contribution in [0.5, 0.6) is 0 Å². The van der Waals surface area contributed by atoms with Crippen LogP contribution in [0.3, 0.4) is 0 Å². The van der Waals surface area contributed by atoms with Crippen LogP contribution in [0.2, 0.25) is 0 Å². The minimum Gasteiger partial charge on any atom is -0.358 e. The Morgan fingerprint density at radius 3 is 2.53 bits per heavy atom. The van der Waals surface area contributed by atoms with Crippen molar-refractivity contribution in [2.75, 3.05) is 31.5 Å². The maximum absolute atomic E-state index is 14.0. The number of likely N-dealkylation sites (tertiary alicyclic amines) is 2. The van der Waals surface area contributed by atoms with Crippen LogP contribution < -0.4 is 10.6 Å². The largest absolute Gasteiger partial charge is 0.358 e. The van der Waals surface area contributed by atoms with Crippen LogP contribution in [0, 0.1) is 25.5 Å². The predicted molar refractivity (Wildman–Crippen MR) is 160 cm³/mol. The normalized spacial score (nSPS) is 19.3. The molecule has 0 aliphatic carbocycles. The van der Waals surface area contributed by atoms with E-state index in [1.807, 2.05) is 18.7 Å². The number of amides is 3.